The van der Waals surface area contributed by atoms with Crippen LogP contribution in [0.2, 0.25) is 5.02 Å². The van der Waals surface area contributed by atoms with Crippen molar-refractivity contribution in [3.05, 3.63) is 29.5 Å². The number of benzene rings is 1. The Hall–Kier alpha value is -1.31. The van der Waals surface area contributed by atoms with Crippen LogP contribution in [0, 0.1) is 0 Å². The molecule has 8 heteroatoms. The molecule has 3 N–H and O–H groups in total. The van der Waals surface area contributed by atoms with Gasteiger partial charge in [-0.1, -0.05) is 23.4 Å². The third-order valence-electron chi connectivity index (χ3n) is 1.93. The van der Waals surface area contributed by atoms with Crippen LogP contribution in [0.25, 0.3) is 0 Å². The van der Waals surface area contributed by atoms with Crippen molar-refractivity contribution in [1.82, 2.24) is 9.36 Å². The average Bonchev–Trinajstić information content (AvgIpc) is 2.84. The fraction of sp³-hybridized carbons (Fsp3) is 0.100. The normalized spacial score (nSPS) is 10.3. The van der Waals surface area contributed by atoms with Gasteiger partial charge in [0.15, 0.2) is 4.34 Å². The molecule has 0 saturated heterocycles. The van der Waals surface area contributed by atoms with Crippen molar-refractivity contribution in [3.63, 3.8) is 0 Å². The summed E-state index contributed by atoms with van der Waals surface area (Å²) >= 11 is 8.52. The van der Waals surface area contributed by atoms with Crippen molar-refractivity contribution in [1.29, 1.82) is 0 Å². The van der Waals surface area contributed by atoms with Crippen molar-refractivity contribution in [2.75, 3.05) is 16.8 Å². The molecule has 0 radical (unpaired) electrons. The lowest BCUT2D eigenvalue weighted by atomic mass is 10.3. The molecule has 94 valence electrons. The zero-order valence-electron chi connectivity index (χ0n) is 9.09. The van der Waals surface area contributed by atoms with Gasteiger partial charge in [0.25, 0.3) is 0 Å². The number of carbonyl (C=O) groups is 1. The first-order chi connectivity index (χ1) is 8.65. The lowest BCUT2D eigenvalue weighted by Crippen LogP contribution is -2.14. The number of thioether (sulfide) groups is 1. The molecule has 18 heavy (non-hydrogen) atoms. The van der Waals surface area contributed by atoms with Crippen LogP contribution in [0.3, 0.4) is 0 Å². The number of aromatic nitrogens is 2. The predicted molar refractivity (Wildman–Crippen MR) is 75.1 cm³/mol. The van der Waals surface area contributed by atoms with Gasteiger partial charge in [-0.15, -0.1) is 0 Å². The van der Waals surface area contributed by atoms with Crippen molar-refractivity contribution >= 4 is 52.2 Å². The monoisotopic (exact) mass is 300 g/mol. The van der Waals surface area contributed by atoms with E-state index < -0.39 is 0 Å². The fourth-order valence-electron chi connectivity index (χ4n) is 1.18. The molecular formula is C10H9ClN4OS2. The number of halogens is 1. The van der Waals surface area contributed by atoms with Crippen molar-refractivity contribution in [2.45, 2.75) is 4.34 Å². The van der Waals surface area contributed by atoms with E-state index in [0.717, 1.165) is 4.34 Å². The zero-order valence-corrected chi connectivity index (χ0v) is 11.5. The van der Waals surface area contributed by atoms with Crippen LogP contribution in [0.5, 0.6) is 0 Å². The highest BCUT2D eigenvalue weighted by Crippen LogP contribution is 2.25. The third kappa shape index (κ3) is 3.59. The Morgan fingerprint density at radius 2 is 2.39 bits per heavy atom. The second-order valence-corrected chi connectivity index (χ2v) is 5.69. The molecular weight excluding hydrogens is 292 g/mol. The highest BCUT2D eigenvalue weighted by atomic mass is 35.5. The lowest BCUT2D eigenvalue weighted by molar-refractivity contribution is -0.113. The van der Waals surface area contributed by atoms with Crippen molar-refractivity contribution < 1.29 is 4.79 Å². The van der Waals surface area contributed by atoms with E-state index in [4.69, 9.17) is 17.3 Å². The summed E-state index contributed by atoms with van der Waals surface area (Å²) < 4.78 is 4.60. The van der Waals surface area contributed by atoms with E-state index in [0.29, 0.717) is 16.4 Å². The van der Waals surface area contributed by atoms with Crippen molar-refractivity contribution in [2.24, 2.45) is 0 Å². The Bertz CT molecular complexity index is 547. The van der Waals surface area contributed by atoms with Gasteiger partial charge in [0.1, 0.15) is 6.33 Å². The number of anilines is 2. The molecule has 0 aliphatic heterocycles. The minimum atomic E-state index is -0.164. The second-order valence-electron chi connectivity index (χ2n) is 3.28. The summed E-state index contributed by atoms with van der Waals surface area (Å²) in [6.07, 6.45) is 1.46. The first kappa shape index (κ1) is 13.1. The van der Waals surface area contributed by atoms with Crippen LogP contribution in [-0.4, -0.2) is 21.0 Å². The Labute approximate surface area is 117 Å². The SMILES string of the molecule is Nc1ccc(Cl)c(NC(=O)CSc2ncns2)c1. The van der Waals surface area contributed by atoms with Gasteiger partial charge in [-0.25, -0.2) is 4.98 Å². The van der Waals surface area contributed by atoms with E-state index in [-0.39, 0.29) is 11.7 Å². The Morgan fingerprint density at radius 1 is 1.56 bits per heavy atom. The summed E-state index contributed by atoms with van der Waals surface area (Å²) in [7, 11) is 0. The summed E-state index contributed by atoms with van der Waals surface area (Å²) in [5.41, 5.74) is 6.68. The molecule has 1 amide bonds. The Kier molecular flexibility index (Phi) is 4.40. The van der Waals surface area contributed by atoms with Crippen LogP contribution in [0.1, 0.15) is 0 Å². The molecule has 5 nitrogen and oxygen atoms in total. The molecule has 0 aliphatic rings. The van der Waals surface area contributed by atoms with E-state index in [1.54, 1.807) is 18.2 Å². The van der Waals surface area contributed by atoms with Crippen LogP contribution in [-0.2, 0) is 4.79 Å². The van der Waals surface area contributed by atoms with Gasteiger partial charge in [0.2, 0.25) is 5.91 Å². The van der Waals surface area contributed by atoms with Gasteiger partial charge in [0.05, 0.1) is 16.5 Å². The van der Waals surface area contributed by atoms with E-state index >= 15 is 0 Å². The molecule has 1 heterocycles. The van der Waals surface area contributed by atoms with Crippen LogP contribution >= 0.6 is 34.9 Å². The number of carbonyl (C=O) groups excluding carboxylic acids is 1. The first-order valence-electron chi connectivity index (χ1n) is 4.89. The first-order valence-corrected chi connectivity index (χ1v) is 7.03. The summed E-state index contributed by atoms with van der Waals surface area (Å²) in [5, 5.41) is 3.16. The maximum Gasteiger partial charge on any atom is 0.234 e. The molecule has 0 bridgehead atoms. The van der Waals surface area contributed by atoms with Gasteiger partial charge in [-0.05, 0) is 29.7 Å². The summed E-state index contributed by atoms with van der Waals surface area (Å²) in [4.78, 5) is 15.7. The van der Waals surface area contributed by atoms with Crippen LogP contribution in [0.4, 0.5) is 11.4 Å². The quantitative estimate of drug-likeness (QED) is 0.670. The summed E-state index contributed by atoms with van der Waals surface area (Å²) in [6, 6.07) is 4.94. The molecule has 1 aromatic carbocycles. The van der Waals surface area contributed by atoms with Gasteiger partial charge in [0, 0.05) is 5.69 Å². The minimum Gasteiger partial charge on any atom is -0.399 e. The highest BCUT2D eigenvalue weighted by Gasteiger charge is 2.08. The smallest absolute Gasteiger partial charge is 0.234 e. The van der Waals surface area contributed by atoms with Gasteiger partial charge >= 0.3 is 0 Å². The second kappa shape index (κ2) is 6.03. The van der Waals surface area contributed by atoms with E-state index in [9.17, 15) is 4.79 Å². The molecule has 0 aliphatic carbocycles. The van der Waals surface area contributed by atoms with Crippen LogP contribution < -0.4 is 11.1 Å². The molecule has 0 atom stereocenters. The lowest BCUT2D eigenvalue weighted by Gasteiger charge is -2.07. The number of nitrogens with zero attached hydrogens (tertiary/aromatic N) is 2. The number of amides is 1. The van der Waals surface area contributed by atoms with Crippen molar-refractivity contribution in [3.8, 4) is 0 Å². The molecule has 0 unspecified atom stereocenters. The average molecular weight is 301 g/mol. The highest BCUT2D eigenvalue weighted by molar-refractivity contribution is 8.01. The topological polar surface area (TPSA) is 80.9 Å². The van der Waals surface area contributed by atoms with E-state index in [2.05, 4.69) is 14.7 Å². The van der Waals surface area contributed by atoms with Gasteiger partial charge in [-0.2, -0.15) is 4.37 Å². The molecule has 2 aromatic rings. The van der Waals surface area contributed by atoms with Gasteiger partial charge in [-0.3, -0.25) is 4.79 Å². The number of rotatable bonds is 4. The number of hydrogen-bond donors (Lipinski definition) is 2. The summed E-state index contributed by atoms with van der Waals surface area (Å²) in [5.74, 6) is 0.0862. The maximum atomic E-state index is 11.7. The largest absolute Gasteiger partial charge is 0.399 e. The maximum absolute atomic E-state index is 11.7. The Morgan fingerprint density at radius 3 is 3.11 bits per heavy atom. The molecule has 0 saturated carbocycles. The third-order valence-corrected chi connectivity index (χ3v) is 4.06. The summed E-state index contributed by atoms with van der Waals surface area (Å²) in [6.45, 7) is 0. The molecule has 0 fully saturated rings. The van der Waals surface area contributed by atoms with E-state index in [1.165, 1.54) is 29.6 Å². The van der Waals surface area contributed by atoms with Crippen LogP contribution in [0.15, 0.2) is 28.9 Å². The predicted octanol–water partition coefficient (Wildman–Crippen LogP) is 2.50. The van der Waals surface area contributed by atoms with E-state index in [1.807, 2.05) is 0 Å². The fourth-order valence-corrected chi connectivity index (χ4v) is 2.59. The molecule has 2 rings (SSSR count). The number of hydrogen-bond acceptors (Lipinski definition) is 6. The minimum absolute atomic E-state index is 0.164. The molecule has 1 aromatic heterocycles. The Balaban J connectivity index is 1.92. The van der Waals surface area contributed by atoms with Gasteiger partial charge < -0.3 is 11.1 Å². The number of nitrogen functional groups attached to an aromatic ring is 1. The zero-order chi connectivity index (χ0) is 13.0. The number of nitrogens with one attached hydrogen (secondary N) is 1. The number of nitrogens with two attached hydrogens (primary N) is 1. The standard InChI is InChI=1S/C10H9ClN4OS2/c11-7-2-1-6(12)3-8(7)15-9(16)4-17-10-13-5-14-18-10/h1-3,5H,4,12H2,(H,15,16). The molecule has 0 spiro atoms.